The molecule has 2 heterocycles. The van der Waals surface area contributed by atoms with E-state index in [9.17, 15) is 19.5 Å². The average Bonchev–Trinajstić information content (AvgIpc) is 3.82. The molecular weight excluding hydrogens is 549 g/mol. The molecule has 5 rings (SSSR count). The second kappa shape index (κ2) is 12.1. The Bertz CT molecular complexity index is 1590. The van der Waals surface area contributed by atoms with Crippen molar-refractivity contribution in [2.45, 2.75) is 18.9 Å². The lowest BCUT2D eigenvalue weighted by molar-refractivity contribution is -0.122. The largest absolute Gasteiger partial charge is 0.493 e. The van der Waals surface area contributed by atoms with Gasteiger partial charge in [0.15, 0.2) is 11.5 Å². The minimum Gasteiger partial charge on any atom is -0.493 e. The number of carboxylic acid groups (broad SMARTS) is 1. The van der Waals surface area contributed by atoms with Crippen LogP contribution in [0.4, 0.5) is 10.1 Å². The van der Waals surface area contributed by atoms with Gasteiger partial charge in [0.2, 0.25) is 11.2 Å². The Morgan fingerprint density at radius 3 is 2.29 bits per heavy atom. The summed E-state index contributed by atoms with van der Waals surface area (Å²) in [6.07, 6.45) is 4.59. The molecule has 0 spiro atoms. The summed E-state index contributed by atoms with van der Waals surface area (Å²) in [5.41, 5.74) is 2.98. The number of nitrogens with zero attached hydrogens (tertiary/aromatic N) is 4. The van der Waals surface area contributed by atoms with Crippen molar-refractivity contribution in [1.82, 2.24) is 14.9 Å². The van der Waals surface area contributed by atoms with Gasteiger partial charge in [-0.15, -0.1) is 0 Å². The van der Waals surface area contributed by atoms with Gasteiger partial charge in [0.1, 0.15) is 11.4 Å². The first kappa shape index (κ1) is 28.9. The lowest BCUT2D eigenvalue weighted by atomic mass is 10.1. The summed E-state index contributed by atoms with van der Waals surface area (Å²) in [6.45, 7) is 2.06. The van der Waals surface area contributed by atoms with E-state index < -0.39 is 17.2 Å². The number of hydrogen-bond donors (Lipinski definition) is 2. The molecule has 3 aromatic rings. The molecule has 1 amide bonds. The van der Waals surface area contributed by atoms with Gasteiger partial charge in [-0.25, -0.2) is 14.6 Å². The Kier molecular flexibility index (Phi) is 8.29. The van der Waals surface area contributed by atoms with Crippen LogP contribution >= 0.6 is 0 Å². The zero-order valence-electron chi connectivity index (χ0n) is 23.6. The van der Waals surface area contributed by atoms with E-state index in [-0.39, 0.29) is 29.4 Å². The van der Waals surface area contributed by atoms with E-state index in [0.717, 1.165) is 18.9 Å². The third-order valence-corrected chi connectivity index (χ3v) is 7.44. The highest BCUT2D eigenvalue weighted by molar-refractivity contribution is 5.93. The fourth-order valence-corrected chi connectivity index (χ4v) is 5.15. The number of methoxy groups -OCH3 is 3. The van der Waals surface area contributed by atoms with Crippen LogP contribution in [0.15, 0.2) is 40.4 Å². The molecule has 222 valence electrons. The van der Waals surface area contributed by atoms with Crippen molar-refractivity contribution < 1.29 is 33.3 Å². The lowest BCUT2D eigenvalue weighted by Gasteiger charge is -2.36. The Balaban J connectivity index is 1.22. The molecule has 42 heavy (non-hydrogen) atoms. The SMILES string of the molecule is COc1cc(/C=N/NC(=O)CN2CCN(c3cc4c(cc3F)c(=O)c(C(=O)O)cn4C3CC3)CC2)cc(OC)c1OC. The summed E-state index contributed by atoms with van der Waals surface area (Å²) in [5.74, 6) is -0.831. The van der Waals surface area contributed by atoms with Gasteiger partial charge in [-0.1, -0.05) is 0 Å². The van der Waals surface area contributed by atoms with Crippen molar-refractivity contribution >= 4 is 34.7 Å². The maximum atomic E-state index is 15.2. The number of fused-ring (bicyclic) bond motifs is 1. The molecule has 1 aliphatic heterocycles. The lowest BCUT2D eigenvalue weighted by Crippen LogP contribution is -2.49. The molecule has 13 heteroatoms. The molecule has 1 saturated carbocycles. The second-order valence-electron chi connectivity index (χ2n) is 10.2. The van der Waals surface area contributed by atoms with Crippen molar-refractivity contribution in [2.75, 3.05) is 59.0 Å². The van der Waals surface area contributed by atoms with Gasteiger partial charge in [0.25, 0.3) is 5.91 Å². The topological polar surface area (TPSA) is 135 Å². The number of piperazine rings is 1. The standard InChI is InChI=1S/C29H32FN5O7/c1-40-24-10-17(11-25(41-2)28(24)42-3)14-31-32-26(36)16-33-6-8-34(9-7-33)23-13-22-19(12-21(23)30)27(37)20(29(38)39)15-35(22)18-4-5-18/h10-15,18H,4-9,16H2,1-3H3,(H,32,36)(H,38,39)/b31-14+. The van der Waals surface area contributed by atoms with Crippen LogP contribution in [-0.4, -0.2) is 86.7 Å². The van der Waals surface area contributed by atoms with Gasteiger partial charge in [-0.3, -0.25) is 14.5 Å². The number of nitrogens with one attached hydrogen (secondary N) is 1. The number of aromatic carboxylic acids is 1. The number of benzene rings is 2. The molecule has 0 unspecified atom stereocenters. The summed E-state index contributed by atoms with van der Waals surface area (Å²) in [6, 6.07) is 6.28. The molecule has 2 aliphatic rings. The Hall–Kier alpha value is -4.65. The van der Waals surface area contributed by atoms with Crippen LogP contribution in [0.25, 0.3) is 10.9 Å². The average molecular weight is 582 g/mol. The molecule has 1 saturated heterocycles. The van der Waals surface area contributed by atoms with Crippen LogP contribution in [0, 0.1) is 5.82 Å². The molecule has 1 aliphatic carbocycles. The predicted octanol–water partition coefficient (Wildman–Crippen LogP) is 2.47. The molecule has 1 aromatic heterocycles. The van der Waals surface area contributed by atoms with E-state index in [1.165, 1.54) is 33.7 Å². The predicted molar refractivity (Wildman–Crippen MR) is 154 cm³/mol. The van der Waals surface area contributed by atoms with Crippen molar-refractivity contribution in [2.24, 2.45) is 5.10 Å². The van der Waals surface area contributed by atoms with Gasteiger partial charge in [0.05, 0.1) is 45.3 Å². The molecule has 0 radical (unpaired) electrons. The molecule has 0 bridgehead atoms. The van der Waals surface area contributed by atoms with E-state index in [1.54, 1.807) is 22.8 Å². The first-order valence-corrected chi connectivity index (χ1v) is 13.4. The van der Waals surface area contributed by atoms with E-state index in [2.05, 4.69) is 10.5 Å². The van der Waals surface area contributed by atoms with Crippen LogP contribution < -0.4 is 30.0 Å². The number of aromatic nitrogens is 1. The summed E-state index contributed by atoms with van der Waals surface area (Å²) >= 11 is 0. The van der Waals surface area contributed by atoms with Crippen LogP contribution in [0.1, 0.15) is 34.8 Å². The number of carbonyl (C=O) groups excluding carboxylic acids is 1. The molecule has 12 nitrogen and oxygen atoms in total. The van der Waals surface area contributed by atoms with Gasteiger partial charge in [-0.2, -0.15) is 5.10 Å². The Labute approximate surface area is 240 Å². The van der Waals surface area contributed by atoms with Crippen LogP contribution in [-0.2, 0) is 4.79 Å². The number of anilines is 1. The van der Waals surface area contributed by atoms with Gasteiger partial charge < -0.3 is 28.8 Å². The Morgan fingerprint density at radius 2 is 1.71 bits per heavy atom. The van der Waals surface area contributed by atoms with E-state index >= 15 is 4.39 Å². The summed E-state index contributed by atoms with van der Waals surface area (Å²) in [4.78, 5) is 40.7. The highest BCUT2D eigenvalue weighted by Crippen LogP contribution is 2.39. The number of hydrogen-bond acceptors (Lipinski definition) is 9. The van der Waals surface area contributed by atoms with E-state index in [4.69, 9.17) is 14.2 Å². The zero-order chi connectivity index (χ0) is 30.0. The molecule has 2 N–H and O–H groups in total. The molecule has 2 aromatic carbocycles. The first-order valence-electron chi connectivity index (χ1n) is 13.4. The molecular formula is C29H32FN5O7. The number of halogens is 1. The van der Waals surface area contributed by atoms with E-state index in [1.807, 2.05) is 9.80 Å². The third-order valence-electron chi connectivity index (χ3n) is 7.44. The normalized spacial score (nSPS) is 15.7. The quantitative estimate of drug-likeness (QED) is 0.274. The maximum Gasteiger partial charge on any atom is 0.341 e. The molecule has 0 atom stereocenters. The van der Waals surface area contributed by atoms with Crippen molar-refractivity contribution in [3.8, 4) is 17.2 Å². The van der Waals surface area contributed by atoms with Crippen LogP contribution in [0.5, 0.6) is 17.2 Å². The molecule has 2 fully saturated rings. The van der Waals surface area contributed by atoms with Crippen molar-refractivity contribution in [1.29, 1.82) is 0 Å². The number of hydrazone groups is 1. The monoisotopic (exact) mass is 581 g/mol. The summed E-state index contributed by atoms with van der Waals surface area (Å²) < 4.78 is 33.0. The first-order chi connectivity index (χ1) is 20.2. The summed E-state index contributed by atoms with van der Waals surface area (Å²) in [5, 5.41) is 13.6. The van der Waals surface area contributed by atoms with Crippen LogP contribution in [0.3, 0.4) is 0 Å². The number of rotatable bonds is 10. The highest BCUT2D eigenvalue weighted by atomic mass is 19.1. The number of carboxylic acids is 1. The second-order valence-corrected chi connectivity index (χ2v) is 10.2. The van der Waals surface area contributed by atoms with Crippen molar-refractivity contribution in [3.05, 3.63) is 57.6 Å². The fourth-order valence-electron chi connectivity index (χ4n) is 5.15. The van der Waals surface area contributed by atoms with Gasteiger partial charge in [-0.05, 0) is 37.1 Å². The number of ether oxygens (including phenoxy) is 3. The number of pyridine rings is 1. The zero-order valence-corrected chi connectivity index (χ0v) is 23.6. The Morgan fingerprint density at radius 1 is 1.05 bits per heavy atom. The van der Waals surface area contributed by atoms with Crippen molar-refractivity contribution in [3.63, 3.8) is 0 Å². The van der Waals surface area contributed by atoms with Crippen LogP contribution in [0.2, 0.25) is 0 Å². The van der Waals surface area contributed by atoms with Gasteiger partial charge >= 0.3 is 5.97 Å². The fraction of sp³-hybridized carbons (Fsp3) is 0.379. The van der Waals surface area contributed by atoms with Gasteiger partial charge in [0, 0.05) is 49.4 Å². The maximum absolute atomic E-state index is 15.2. The highest BCUT2D eigenvalue weighted by Gasteiger charge is 2.28. The minimum atomic E-state index is -1.33. The third kappa shape index (κ3) is 5.86. The smallest absolute Gasteiger partial charge is 0.341 e. The minimum absolute atomic E-state index is 0.0606. The van der Waals surface area contributed by atoms with E-state index in [0.29, 0.717) is 60.2 Å². The summed E-state index contributed by atoms with van der Waals surface area (Å²) in [7, 11) is 4.54. The number of amides is 1. The number of carbonyl (C=O) groups is 2.